The first-order chi connectivity index (χ1) is 10.6. The summed E-state index contributed by atoms with van der Waals surface area (Å²) < 4.78 is 10.4. The summed E-state index contributed by atoms with van der Waals surface area (Å²) in [5.74, 6) is 0.871. The van der Waals surface area contributed by atoms with Gasteiger partial charge in [0.05, 0.1) is 28.7 Å². The van der Waals surface area contributed by atoms with E-state index in [1.165, 1.54) is 18.6 Å². The summed E-state index contributed by atoms with van der Waals surface area (Å²) in [6, 6.07) is 2.04. The van der Waals surface area contributed by atoms with Crippen LogP contribution in [-0.2, 0) is 0 Å². The molecule has 2 aliphatic rings. The topological polar surface area (TPSA) is 108 Å². The third kappa shape index (κ3) is 3.52. The summed E-state index contributed by atoms with van der Waals surface area (Å²) in [4.78, 5) is 10.8. The van der Waals surface area contributed by atoms with Crippen LogP contribution in [0, 0.1) is 16.0 Å². The SMILES string of the molecule is Cl.N[C@@H](c1cc2c(cc1[N+](=O)[O-])OCO2)[C@H](O)C1CCCCC1. The van der Waals surface area contributed by atoms with E-state index in [1.807, 2.05) is 0 Å². The Morgan fingerprint density at radius 1 is 1.22 bits per heavy atom. The van der Waals surface area contributed by atoms with Crippen LogP contribution in [0.5, 0.6) is 11.5 Å². The third-order valence-electron chi connectivity index (χ3n) is 4.58. The zero-order valence-corrected chi connectivity index (χ0v) is 13.5. The first-order valence-corrected chi connectivity index (χ1v) is 7.59. The molecule has 0 amide bonds. The van der Waals surface area contributed by atoms with Gasteiger partial charge in [-0.15, -0.1) is 12.4 Å². The lowest BCUT2D eigenvalue weighted by Gasteiger charge is -2.30. The number of ether oxygens (including phenoxy) is 2. The molecule has 1 aliphatic carbocycles. The van der Waals surface area contributed by atoms with Crippen LogP contribution in [0.15, 0.2) is 12.1 Å². The Bertz CT molecular complexity index is 577. The van der Waals surface area contributed by atoms with Crippen LogP contribution < -0.4 is 15.2 Å². The van der Waals surface area contributed by atoms with Crippen molar-refractivity contribution < 1.29 is 19.5 Å². The number of hydrogen-bond acceptors (Lipinski definition) is 6. The predicted molar refractivity (Wildman–Crippen MR) is 86.0 cm³/mol. The highest BCUT2D eigenvalue weighted by Crippen LogP contribution is 2.41. The fraction of sp³-hybridized carbons (Fsp3) is 0.600. The van der Waals surface area contributed by atoms with Gasteiger partial charge >= 0.3 is 0 Å². The molecule has 1 aliphatic heterocycles. The van der Waals surface area contributed by atoms with E-state index in [4.69, 9.17) is 15.2 Å². The van der Waals surface area contributed by atoms with E-state index in [-0.39, 0.29) is 30.8 Å². The molecular formula is C15H21ClN2O5. The summed E-state index contributed by atoms with van der Waals surface area (Å²) in [6.45, 7) is 0.0381. The number of hydrogen-bond donors (Lipinski definition) is 2. The highest BCUT2D eigenvalue weighted by Gasteiger charge is 2.33. The Labute approximate surface area is 140 Å². The summed E-state index contributed by atoms with van der Waals surface area (Å²) >= 11 is 0. The van der Waals surface area contributed by atoms with Gasteiger partial charge in [-0.05, 0) is 24.8 Å². The van der Waals surface area contributed by atoms with Crippen LogP contribution in [-0.4, -0.2) is 22.9 Å². The fourth-order valence-corrected chi connectivity index (χ4v) is 3.32. The number of nitro groups is 1. The normalized spacial score (nSPS) is 19.7. The van der Waals surface area contributed by atoms with Gasteiger partial charge in [0.25, 0.3) is 5.69 Å². The zero-order chi connectivity index (χ0) is 15.7. The molecule has 3 N–H and O–H groups in total. The molecule has 2 atom stereocenters. The molecule has 0 unspecified atom stereocenters. The number of rotatable bonds is 4. The van der Waals surface area contributed by atoms with Gasteiger partial charge in [-0.2, -0.15) is 0 Å². The molecule has 128 valence electrons. The van der Waals surface area contributed by atoms with Gasteiger partial charge in [-0.3, -0.25) is 10.1 Å². The standard InChI is InChI=1S/C15H20N2O5.ClH/c16-14(15(18)9-4-2-1-3-5-9)10-6-12-13(22-8-21-12)7-11(10)17(19)20;/h6-7,9,14-15,18H,1-5,8,16H2;1H/t14-,15+;/m0./s1. The van der Waals surface area contributed by atoms with Crippen LogP contribution in [0.4, 0.5) is 5.69 Å². The Balaban J connectivity index is 0.00000192. The van der Waals surface area contributed by atoms with E-state index >= 15 is 0 Å². The van der Waals surface area contributed by atoms with Crippen molar-refractivity contribution in [1.82, 2.24) is 0 Å². The molecule has 0 bridgehead atoms. The quantitative estimate of drug-likeness (QED) is 0.642. The smallest absolute Gasteiger partial charge is 0.278 e. The first kappa shape index (κ1) is 17.8. The molecule has 1 aromatic carbocycles. The third-order valence-corrected chi connectivity index (χ3v) is 4.58. The van der Waals surface area contributed by atoms with Crippen LogP contribution >= 0.6 is 12.4 Å². The van der Waals surface area contributed by atoms with Gasteiger partial charge < -0.3 is 20.3 Å². The molecular weight excluding hydrogens is 324 g/mol. The van der Waals surface area contributed by atoms with Crippen molar-refractivity contribution in [2.24, 2.45) is 11.7 Å². The summed E-state index contributed by atoms with van der Waals surface area (Å²) in [7, 11) is 0. The van der Waals surface area contributed by atoms with Crippen LogP contribution in [0.1, 0.15) is 43.7 Å². The van der Waals surface area contributed by atoms with E-state index in [9.17, 15) is 15.2 Å². The van der Waals surface area contributed by atoms with Crippen molar-refractivity contribution in [1.29, 1.82) is 0 Å². The Hall–Kier alpha value is -1.57. The van der Waals surface area contributed by atoms with Gasteiger partial charge in [-0.1, -0.05) is 19.3 Å². The zero-order valence-electron chi connectivity index (χ0n) is 12.6. The number of aliphatic hydroxyl groups excluding tert-OH is 1. The minimum Gasteiger partial charge on any atom is -0.454 e. The number of halogens is 1. The highest BCUT2D eigenvalue weighted by atomic mass is 35.5. The van der Waals surface area contributed by atoms with Gasteiger partial charge in [0.2, 0.25) is 6.79 Å². The minimum atomic E-state index is -0.807. The monoisotopic (exact) mass is 344 g/mol. The Morgan fingerprint density at radius 3 is 2.43 bits per heavy atom. The van der Waals surface area contributed by atoms with Crippen molar-refractivity contribution in [2.45, 2.75) is 44.2 Å². The fourth-order valence-electron chi connectivity index (χ4n) is 3.32. The largest absolute Gasteiger partial charge is 0.454 e. The average molecular weight is 345 g/mol. The number of nitrogens with two attached hydrogens (primary N) is 1. The van der Waals surface area contributed by atoms with E-state index in [2.05, 4.69) is 0 Å². The number of nitro benzene ring substituents is 1. The highest BCUT2D eigenvalue weighted by molar-refractivity contribution is 5.85. The number of nitrogens with zero attached hydrogens (tertiary/aromatic N) is 1. The predicted octanol–water partition coefficient (Wildman–Crippen LogP) is 2.69. The van der Waals surface area contributed by atoms with E-state index in [0.29, 0.717) is 17.1 Å². The second-order valence-corrected chi connectivity index (χ2v) is 5.94. The second-order valence-electron chi connectivity index (χ2n) is 5.94. The van der Waals surface area contributed by atoms with E-state index < -0.39 is 17.1 Å². The van der Waals surface area contributed by atoms with Crippen molar-refractivity contribution in [3.8, 4) is 11.5 Å². The number of fused-ring (bicyclic) bond motifs is 1. The molecule has 1 fully saturated rings. The second kappa shape index (κ2) is 7.33. The number of aliphatic hydroxyl groups is 1. The number of benzene rings is 1. The van der Waals surface area contributed by atoms with Crippen molar-refractivity contribution in [3.05, 3.63) is 27.8 Å². The van der Waals surface area contributed by atoms with Crippen LogP contribution in [0.3, 0.4) is 0 Å². The molecule has 0 radical (unpaired) electrons. The van der Waals surface area contributed by atoms with Crippen LogP contribution in [0.25, 0.3) is 0 Å². The van der Waals surface area contributed by atoms with Gasteiger partial charge in [-0.25, -0.2) is 0 Å². The van der Waals surface area contributed by atoms with Crippen LogP contribution in [0.2, 0.25) is 0 Å². The van der Waals surface area contributed by atoms with Gasteiger partial charge in [0.1, 0.15) is 0 Å². The molecule has 23 heavy (non-hydrogen) atoms. The summed E-state index contributed by atoms with van der Waals surface area (Å²) in [5, 5.41) is 21.8. The average Bonchev–Trinajstić information content (AvgIpc) is 3.00. The lowest BCUT2D eigenvalue weighted by atomic mass is 9.81. The van der Waals surface area contributed by atoms with Crippen molar-refractivity contribution >= 4 is 18.1 Å². The molecule has 0 aromatic heterocycles. The Kier molecular flexibility index (Phi) is 5.67. The van der Waals surface area contributed by atoms with Gasteiger partial charge in [0, 0.05) is 0 Å². The van der Waals surface area contributed by atoms with E-state index in [1.54, 1.807) is 0 Å². The molecule has 0 saturated heterocycles. The molecule has 1 heterocycles. The molecule has 1 saturated carbocycles. The molecule has 0 spiro atoms. The lowest BCUT2D eigenvalue weighted by molar-refractivity contribution is -0.385. The lowest BCUT2D eigenvalue weighted by Crippen LogP contribution is -2.34. The van der Waals surface area contributed by atoms with Gasteiger partial charge in [0.15, 0.2) is 11.5 Å². The molecule has 1 aromatic rings. The Morgan fingerprint density at radius 2 is 1.83 bits per heavy atom. The molecule has 8 heteroatoms. The van der Waals surface area contributed by atoms with E-state index in [0.717, 1.165) is 25.7 Å². The molecule has 3 rings (SSSR count). The van der Waals surface area contributed by atoms with Crippen molar-refractivity contribution in [3.63, 3.8) is 0 Å². The summed E-state index contributed by atoms with van der Waals surface area (Å²) in [6.07, 6.45) is 4.33. The maximum Gasteiger partial charge on any atom is 0.278 e. The minimum absolute atomic E-state index is 0. The maximum absolute atomic E-state index is 11.3. The molecule has 7 nitrogen and oxygen atoms in total. The first-order valence-electron chi connectivity index (χ1n) is 7.59. The van der Waals surface area contributed by atoms with Crippen molar-refractivity contribution in [2.75, 3.05) is 6.79 Å². The maximum atomic E-state index is 11.3. The summed E-state index contributed by atoms with van der Waals surface area (Å²) in [5.41, 5.74) is 6.32.